The van der Waals surface area contributed by atoms with Crippen LogP contribution in [0.1, 0.15) is 64.1 Å². The summed E-state index contributed by atoms with van der Waals surface area (Å²) in [5.74, 6) is 2.13. The molecule has 1 saturated carbocycles. The van der Waals surface area contributed by atoms with Crippen LogP contribution in [0.15, 0.2) is 4.52 Å². The van der Waals surface area contributed by atoms with E-state index in [0.29, 0.717) is 30.1 Å². The lowest BCUT2D eigenvalue weighted by molar-refractivity contribution is 0.160. The summed E-state index contributed by atoms with van der Waals surface area (Å²) >= 11 is 0. The van der Waals surface area contributed by atoms with Crippen LogP contribution in [0.3, 0.4) is 0 Å². The molecular formula is C18H32ClN5O2. The first kappa shape index (κ1) is 21.0. The summed E-state index contributed by atoms with van der Waals surface area (Å²) < 4.78 is 5.46. The molecule has 0 spiro atoms. The molecule has 1 aliphatic carbocycles. The zero-order valence-electron chi connectivity index (χ0n) is 15.9. The number of hydrogen-bond donors (Lipinski definition) is 2. The fourth-order valence-electron chi connectivity index (χ4n) is 3.84. The van der Waals surface area contributed by atoms with Crippen molar-refractivity contribution in [3.63, 3.8) is 0 Å². The molecule has 2 heterocycles. The van der Waals surface area contributed by atoms with Gasteiger partial charge in [0.1, 0.15) is 0 Å². The largest absolute Gasteiger partial charge is 0.339 e. The van der Waals surface area contributed by atoms with E-state index in [1.165, 1.54) is 0 Å². The minimum absolute atomic E-state index is 0. The standard InChI is InChI=1S/C18H31N5O2.ClH/c1-13(2)11-20-17(24)23-9-5-6-14(12-23)10-15-21-16(22-25-15)18(19)7-3-4-8-18;/h13-14H,3-12,19H2,1-2H3,(H,20,24);1H. The summed E-state index contributed by atoms with van der Waals surface area (Å²) in [5, 5.41) is 7.14. The molecule has 2 fully saturated rings. The fraction of sp³-hybridized carbons (Fsp3) is 0.833. The Hall–Kier alpha value is -1.34. The van der Waals surface area contributed by atoms with E-state index in [-0.39, 0.29) is 18.4 Å². The van der Waals surface area contributed by atoms with Gasteiger partial charge in [0.2, 0.25) is 5.89 Å². The van der Waals surface area contributed by atoms with Crippen LogP contribution in [0.4, 0.5) is 4.79 Å². The van der Waals surface area contributed by atoms with E-state index in [1.807, 2.05) is 4.90 Å². The lowest BCUT2D eigenvalue weighted by atomic mass is 9.94. The monoisotopic (exact) mass is 385 g/mol. The molecule has 0 bridgehead atoms. The third-order valence-electron chi connectivity index (χ3n) is 5.34. The summed E-state index contributed by atoms with van der Waals surface area (Å²) in [7, 11) is 0. The molecule has 8 heteroatoms. The maximum Gasteiger partial charge on any atom is 0.317 e. The van der Waals surface area contributed by atoms with Crippen LogP contribution in [0.5, 0.6) is 0 Å². The van der Waals surface area contributed by atoms with Crippen LogP contribution in [0.2, 0.25) is 0 Å². The molecule has 1 aliphatic heterocycles. The van der Waals surface area contributed by atoms with Crippen molar-refractivity contribution in [3.8, 4) is 0 Å². The van der Waals surface area contributed by atoms with E-state index in [2.05, 4.69) is 29.3 Å². The van der Waals surface area contributed by atoms with Gasteiger partial charge in [0, 0.05) is 26.1 Å². The number of aromatic nitrogens is 2. The van der Waals surface area contributed by atoms with Gasteiger partial charge in [-0.1, -0.05) is 31.8 Å². The van der Waals surface area contributed by atoms with Gasteiger partial charge in [0.05, 0.1) is 5.54 Å². The molecule has 2 aliphatic rings. The Balaban J connectivity index is 0.00000243. The second-order valence-corrected chi connectivity index (χ2v) is 8.11. The molecule has 7 nitrogen and oxygen atoms in total. The summed E-state index contributed by atoms with van der Waals surface area (Å²) in [6.07, 6.45) is 6.93. The third-order valence-corrected chi connectivity index (χ3v) is 5.34. The van der Waals surface area contributed by atoms with Crippen molar-refractivity contribution in [2.45, 2.75) is 64.3 Å². The highest BCUT2D eigenvalue weighted by Crippen LogP contribution is 2.34. The van der Waals surface area contributed by atoms with Gasteiger partial charge >= 0.3 is 6.03 Å². The Kier molecular flexibility index (Phi) is 7.29. The highest BCUT2D eigenvalue weighted by Gasteiger charge is 2.36. The molecule has 3 rings (SSSR count). The number of rotatable bonds is 5. The number of amides is 2. The first-order valence-electron chi connectivity index (χ1n) is 9.61. The number of nitrogens with two attached hydrogens (primary N) is 1. The Morgan fingerprint density at radius 2 is 2.12 bits per heavy atom. The molecule has 1 aromatic heterocycles. The molecule has 3 N–H and O–H groups in total. The fourth-order valence-corrected chi connectivity index (χ4v) is 3.84. The van der Waals surface area contributed by atoms with Crippen molar-refractivity contribution in [1.29, 1.82) is 0 Å². The highest BCUT2D eigenvalue weighted by molar-refractivity contribution is 5.85. The van der Waals surface area contributed by atoms with Crippen LogP contribution in [0.25, 0.3) is 0 Å². The third kappa shape index (κ3) is 5.10. The first-order chi connectivity index (χ1) is 12.0. The van der Waals surface area contributed by atoms with E-state index >= 15 is 0 Å². The van der Waals surface area contributed by atoms with Gasteiger partial charge in [-0.2, -0.15) is 4.98 Å². The van der Waals surface area contributed by atoms with E-state index < -0.39 is 5.54 Å². The van der Waals surface area contributed by atoms with Crippen LogP contribution in [0, 0.1) is 11.8 Å². The highest BCUT2D eigenvalue weighted by atomic mass is 35.5. The lowest BCUT2D eigenvalue weighted by Crippen LogP contribution is -2.46. The Morgan fingerprint density at radius 3 is 2.81 bits per heavy atom. The zero-order valence-corrected chi connectivity index (χ0v) is 16.7. The number of urea groups is 1. The van der Waals surface area contributed by atoms with Crippen molar-refractivity contribution in [2.75, 3.05) is 19.6 Å². The molecule has 1 saturated heterocycles. The van der Waals surface area contributed by atoms with Gasteiger partial charge in [0.25, 0.3) is 0 Å². The average Bonchev–Trinajstić information content (AvgIpc) is 3.23. The van der Waals surface area contributed by atoms with Gasteiger partial charge in [-0.15, -0.1) is 12.4 Å². The van der Waals surface area contributed by atoms with Gasteiger partial charge in [0.15, 0.2) is 5.82 Å². The van der Waals surface area contributed by atoms with Gasteiger partial charge in [-0.25, -0.2) is 4.79 Å². The number of hydrogen-bond acceptors (Lipinski definition) is 5. The maximum absolute atomic E-state index is 12.3. The van der Waals surface area contributed by atoms with Gasteiger partial charge in [-0.3, -0.25) is 0 Å². The maximum atomic E-state index is 12.3. The van der Waals surface area contributed by atoms with E-state index in [4.69, 9.17) is 10.3 Å². The number of piperidine rings is 1. The van der Waals surface area contributed by atoms with Gasteiger partial charge in [-0.05, 0) is 37.5 Å². The predicted molar refractivity (Wildman–Crippen MR) is 102 cm³/mol. The normalized spacial score (nSPS) is 22.3. The van der Waals surface area contributed by atoms with Crippen molar-refractivity contribution < 1.29 is 9.32 Å². The number of likely N-dealkylation sites (tertiary alicyclic amines) is 1. The number of halogens is 1. The van der Waals surface area contributed by atoms with Crippen molar-refractivity contribution in [3.05, 3.63) is 11.7 Å². The number of nitrogens with zero attached hydrogens (tertiary/aromatic N) is 3. The topological polar surface area (TPSA) is 97.3 Å². The summed E-state index contributed by atoms with van der Waals surface area (Å²) in [4.78, 5) is 18.7. The SMILES string of the molecule is CC(C)CNC(=O)N1CCCC(Cc2nc(C3(N)CCCC3)no2)C1.Cl. The van der Waals surface area contributed by atoms with E-state index in [1.54, 1.807) is 0 Å². The Labute approximate surface area is 161 Å². The van der Waals surface area contributed by atoms with Crippen LogP contribution < -0.4 is 11.1 Å². The molecule has 148 valence electrons. The van der Waals surface area contributed by atoms with E-state index in [9.17, 15) is 4.79 Å². The molecule has 26 heavy (non-hydrogen) atoms. The summed E-state index contributed by atoms with van der Waals surface area (Å²) in [5.41, 5.74) is 5.99. The average molecular weight is 386 g/mol. The predicted octanol–water partition coefficient (Wildman–Crippen LogP) is 2.84. The number of carbonyl (C=O) groups excluding carboxylic acids is 1. The van der Waals surface area contributed by atoms with E-state index in [0.717, 1.165) is 58.0 Å². The zero-order chi connectivity index (χ0) is 17.9. The second kappa shape index (κ2) is 9.04. The molecule has 2 amide bonds. The number of nitrogens with one attached hydrogen (secondary N) is 1. The summed E-state index contributed by atoms with van der Waals surface area (Å²) in [6, 6.07) is 0.0384. The molecule has 1 aromatic rings. The number of carbonyl (C=O) groups is 1. The van der Waals surface area contributed by atoms with Gasteiger partial charge < -0.3 is 20.5 Å². The van der Waals surface area contributed by atoms with Crippen LogP contribution in [-0.2, 0) is 12.0 Å². The second-order valence-electron chi connectivity index (χ2n) is 8.11. The van der Waals surface area contributed by atoms with Crippen molar-refractivity contribution >= 4 is 18.4 Å². The molecular weight excluding hydrogens is 354 g/mol. The Morgan fingerprint density at radius 1 is 1.38 bits per heavy atom. The quantitative estimate of drug-likeness (QED) is 0.812. The summed E-state index contributed by atoms with van der Waals surface area (Å²) in [6.45, 7) is 6.48. The van der Waals surface area contributed by atoms with Crippen molar-refractivity contribution in [2.24, 2.45) is 17.6 Å². The van der Waals surface area contributed by atoms with Crippen molar-refractivity contribution in [1.82, 2.24) is 20.4 Å². The first-order valence-corrected chi connectivity index (χ1v) is 9.61. The smallest absolute Gasteiger partial charge is 0.317 e. The lowest BCUT2D eigenvalue weighted by Gasteiger charge is -2.32. The van der Waals surface area contributed by atoms with Crippen LogP contribution >= 0.6 is 12.4 Å². The minimum atomic E-state index is -0.406. The minimum Gasteiger partial charge on any atom is -0.339 e. The molecule has 1 unspecified atom stereocenters. The van der Waals surface area contributed by atoms with Crippen LogP contribution in [-0.4, -0.2) is 40.7 Å². The molecule has 0 aromatic carbocycles. The Bertz CT molecular complexity index is 586. The molecule has 0 radical (unpaired) electrons. The molecule has 1 atom stereocenters.